The van der Waals surface area contributed by atoms with Crippen LogP contribution in [0.1, 0.15) is 5.56 Å². The standard InChI is InChI=1S/C19H24Br2N5O2/c1-26(2,3)11-10-22-9-8-14-4-6-15(7-5-14)23-24-19-17(20)12-16(25(27)28)13-18(19)21/h4-7,12-13,22H,8-11H2,1-3H3/q+1. The van der Waals surface area contributed by atoms with Gasteiger partial charge in [0, 0.05) is 18.7 Å². The minimum atomic E-state index is -0.452. The van der Waals surface area contributed by atoms with Gasteiger partial charge in [0.15, 0.2) is 0 Å². The zero-order valence-corrected chi connectivity index (χ0v) is 19.3. The molecule has 0 spiro atoms. The smallest absolute Gasteiger partial charge is 0.271 e. The molecule has 0 radical (unpaired) electrons. The molecule has 2 rings (SSSR count). The Kier molecular flexibility index (Phi) is 8.23. The first-order valence-corrected chi connectivity index (χ1v) is 10.4. The van der Waals surface area contributed by atoms with Crippen molar-refractivity contribution < 1.29 is 9.41 Å². The topological polar surface area (TPSA) is 79.9 Å². The fraction of sp³-hybridized carbons (Fsp3) is 0.368. The molecule has 0 saturated carbocycles. The average Bonchev–Trinajstić information content (AvgIpc) is 2.60. The summed E-state index contributed by atoms with van der Waals surface area (Å²) in [4.78, 5) is 10.4. The Bertz CT molecular complexity index is 825. The van der Waals surface area contributed by atoms with Gasteiger partial charge in [-0.1, -0.05) is 12.1 Å². The minimum Gasteiger partial charge on any atom is -0.330 e. The van der Waals surface area contributed by atoms with Gasteiger partial charge in [0.1, 0.15) is 5.69 Å². The molecule has 0 bridgehead atoms. The number of hydrogen-bond donors (Lipinski definition) is 1. The summed E-state index contributed by atoms with van der Waals surface area (Å²) in [6.45, 7) is 3.02. The number of nitro groups is 1. The van der Waals surface area contributed by atoms with Gasteiger partial charge in [0.2, 0.25) is 0 Å². The van der Waals surface area contributed by atoms with Crippen LogP contribution in [-0.4, -0.2) is 50.2 Å². The van der Waals surface area contributed by atoms with Crippen molar-refractivity contribution in [3.63, 3.8) is 0 Å². The highest BCUT2D eigenvalue weighted by molar-refractivity contribution is 9.11. The van der Waals surface area contributed by atoms with Crippen LogP contribution in [0.5, 0.6) is 0 Å². The van der Waals surface area contributed by atoms with Gasteiger partial charge in [-0.15, -0.1) is 5.11 Å². The quantitative estimate of drug-likeness (QED) is 0.161. The number of benzene rings is 2. The summed E-state index contributed by atoms with van der Waals surface area (Å²) in [5.41, 5.74) is 2.45. The number of hydrogen-bond acceptors (Lipinski definition) is 5. The summed E-state index contributed by atoms with van der Waals surface area (Å²) in [7, 11) is 6.55. The Morgan fingerprint density at radius 3 is 2.18 bits per heavy atom. The lowest BCUT2D eigenvalue weighted by Crippen LogP contribution is -2.40. The van der Waals surface area contributed by atoms with Crippen LogP contribution in [0.15, 0.2) is 55.6 Å². The Balaban J connectivity index is 1.93. The van der Waals surface area contributed by atoms with E-state index in [1.165, 1.54) is 17.7 Å². The number of rotatable bonds is 9. The Hall–Kier alpha value is -1.68. The highest BCUT2D eigenvalue weighted by atomic mass is 79.9. The Morgan fingerprint density at radius 2 is 1.64 bits per heavy atom. The summed E-state index contributed by atoms with van der Waals surface area (Å²) < 4.78 is 1.97. The molecule has 0 heterocycles. The number of likely N-dealkylation sites (N-methyl/N-ethyl adjacent to an activating group) is 1. The van der Waals surface area contributed by atoms with Crippen LogP contribution in [-0.2, 0) is 6.42 Å². The Labute approximate surface area is 181 Å². The zero-order valence-electron chi connectivity index (χ0n) is 16.2. The van der Waals surface area contributed by atoms with Gasteiger partial charge >= 0.3 is 0 Å². The van der Waals surface area contributed by atoms with Gasteiger partial charge < -0.3 is 9.80 Å². The van der Waals surface area contributed by atoms with E-state index in [2.05, 4.69) is 68.5 Å². The minimum absolute atomic E-state index is 0.0166. The number of non-ortho nitro benzene ring substituents is 1. The van der Waals surface area contributed by atoms with Crippen molar-refractivity contribution in [2.45, 2.75) is 6.42 Å². The lowest BCUT2D eigenvalue weighted by Gasteiger charge is -2.23. The van der Waals surface area contributed by atoms with Gasteiger partial charge in [0.25, 0.3) is 5.69 Å². The van der Waals surface area contributed by atoms with Crippen LogP contribution >= 0.6 is 31.9 Å². The van der Waals surface area contributed by atoms with Gasteiger partial charge in [-0.3, -0.25) is 10.1 Å². The lowest BCUT2D eigenvalue weighted by molar-refractivity contribution is -0.869. The molecule has 28 heavy (non-hydrogen) atoms. The van der Waals surface area contributed by atoms with E-state index in [-0.39, 0.29) is 5.69 Å². The number of nitrogens with one attached hydrogen (secondary N) is 1. The highest BCUT2D eigenvalue weighted by Crippen LogP contribution is 2.38. The summed E-state index contributed by atoms with van der Waals surface area (Å²) in [5, 5.41) is 22.8. The fourth-order valence-electron chi connectivity index (χ4n) is 2.36. The van der Waals surface area contributed by atoms with E-state index in [1.54, 1.807) is 0 Å². The molecule has 0 aliphatic carbocycles. The third-order valence-electron chi connectivity index (χ3n) is 3.96. The summed E-state index contributed by atoms with van der Waals surface area (Å²) in [6, 6.07) is 10.7. The molecule has 0 aromatic heterocycles. The second-order valence-electron chi connectivity index (χ2n) is 7.40. The summed E-state index contributed by atoms with van der Waals surface area (Å²) in [6.07, 6.45) is 0.952. The zero-order chi connectivity index (χ0) is 20.7. The molecule has 150 valence electrons. The summed E-state index contributed by atoms with van der Waals surface area (Å²) >= 11 is 6.62. The molecule has 0 unspecified atom stereocenters. The molecule has 9 heteroatoms. The molecule has 2 aromatic carbocycles. The molecule has 0 aliphatic heterocycles. The summed E-state index contributed by atoms with van der Waals surface area (Å²) in [5.74, 6) is 0. The van der Waals surface area contributed by atoms with E-state index >= 15 is 0 Å². The van der Waals surface area contributed by atoms with Crippen molar-refractivity contribution in [1.82, 2.24) is 5.32 Å². The third-order valence-corrected chi connectivity index (χ3v) is 5.17. The normalized spacial score (nSPS) is 11.9. The molecular formula is C19H24Br2N5O2+. The lowest BCUT2D eigenvalue weighted by atomic mass is 10.1. The van der Waals surface area contributed by atoms with E-state index in [0.717, 1.165) is 36.2 Å². The highest BCUT2D eigenvalue weighted by Gasteiger charge is 2.13. The van der Waals surface area contributed by atoms with Crippen LogP contribution in [0, 0.1) is 10.1 Å². The molecule has 1 N–H and O–H groups in total. The van der Waals surface area contributed by atoms with Gasteiger partial charge in [-0.25, -0.2) is 0 Å². The first-order valence-electron chi connectivity index (χ1n) is 8.81. The van der Waals surface area contributed by atoms with Crippen LogP contribution in [0.2, 0.25) is 0 Å². The second kappa shape index (κ2) is 10.2. The van der Waals surface area contributed by atoms with Crippen molar-refractivity contribution in [2.75, 3.05) is 40.8 Å². The van der Waals surface area contributed by atoms with Crippen LogP contribution < -0.4 is 5.32 Å². The first kappa shape index (κ1) is 22.6. The monoisotopic (exact) mass is 512 g/mol. The molecule has 0 atom stereocenters. The number of azo groups is 1. The van der Waals surface area contributed by atoms with E-state index < -0.39 is 4.92 Å². The second-order valence-corrected chi connectivity index (χ2v) is 9.10. The number of nitro benzene ring substituents is 1. The van der Waals surface area contributed by atoms with Gasteiger partial charge in [-0.05, 0) is 62.5 Å². The van der Waals surface area contributed by atoms with E-state index in [4.69, 9.17) is 0 Å². The van der Waals surface area contributed by atoms with Crippen molar-refractivity contribution in [3.05, 3.63) is 61.0 Å². The molecule has 7 nitrogen and oxygen atoms in total. The van der Waals surface area contributed by atoms with Crippen molar-refractivity contribution in [2.24, 2.45) is 10.2 Å². The Morgan fingerprint density at radius 1 is 1.04 bits per heavy atom. The molecule has 0 saturated heterocycles. The predicted octanol–water partition coefficient (Wildman–Crippen LogP) is 5.37. The number of nitrogens with zero attached hydrogens (tertiary/aromatic N) is 4. The maximum Gasteiger partial charge on any atom is 0.271 e. The number of halogens is 2. The van der Waals surface area contributed by atoms with E-state index in [0.29, 0.717) is 14.6 Å². The average molecular weight is 514 g/mol. The predicted molar refractivity (Wildman–Crippen MR) is 119 cm³/mol. The van der Waals surface area contributed by atoms with Crippen molar-refractivity contribution >= 4 is 48.9 Å². The third kappa shape index (κ3) is 7.38. The first-order chi connectivity index (χ1) is 13.2. The van der Waals surface area contributed by atoms with E-state index in [1.807, 2.05) is 24.3 Å². The molecule has 0 amide bonds. The van der Waals surface area contributed by atoms with Crippen molar-refractivity contribution in [3.8, 4) is 0 Å². The fourth-order valence-corrected chi connectivity index (χ4v) is 3.68. The van der Waals surface area contributed by atoms with Crippen LogP contribution in [0.25, 0.3) is 0 Å². The van der Waals surface area contributed by atoms with E-state index in [9.17, 15) is 10.1 Å². The largest absolute Gasteiger partial charge is 0.330 e. The van der Waals surface area contributed by atoms with Crippen LogP contribution in [0.3, 0.4) is 0 Å². The van der Waals surface area contributed by atoms with Gasteiger partial charge in [0.05, 0.1) is 47.2 Å². The number of quaternary nitrogens is 1. The maximum atomic E-state index is 10.9. The molecule has 0 fully saturated rings. The molecule has 0 aliphatic rings. The van der Waals surface area contributed by atoms with Gasteiger partial charge in [-0.2, -0.15) is 5.11 Å². The molecule has 2 aromatic rings. The SMILES string of the molecule is C[N+](C)(C)CCNCCc1ccc(N=Nc2c(Br)cc([N+](=O)[O-])cc2Br)cc1. The maximum absolute atomic E-state index is 10.9. The van der Waals surface area contributed by atoms with Crippen molar-refractivity contribution in [1.29, 1.82) is 0 Å². The molecular weight excluding hydrogens is 490 g/mol. The van der Waals surface area contributed by atoms with Crippen LogP contribution in [0.4, 0.5) is 17.1 Å².